The summed E-state index contributed by atoms with van der Waals surface area (Å²) in [7, 11) is -3.45. The van der Waals surface area contributed by atoms with Gasteiger partial charge in [-0.05, 0) is 17.4 Å². The van der Waals surface area contributed by atoms with Crippen LogP contribution in [0, 0.1) is 5.92 Å². The standard InChI is InChI=1S/C11H19NO3S2/c1-3-9(4-2)10(13)8-12-17(14,15)11-6-5-7-16-11/h5-7,9-10,12-13H,3-4,8H2,1-2H3. The van der Waals surface area contributed by atoms with Gasteiger partial charge in [-0.15, -0.1) is 11.3 Å². The minimum atomic E-state index is -3.45. The van der Waals surface area contributed by atoms with E-state index in [9.17, 15) is 13.5 Å². The van der Waals surface area contributed by atoms with Crippen LogP contribution in [-0.2, 0) is 10.0 Å². The maximum Gasteiger partial charge on any atom is 0.250 e. The summed E-state index contributed by atoms with van der Waals surface area (Å²) in [6.07, 6.45) is 1.07. The van der Waals surface area contributed by atoms with Gasteiger partial charge in [-0.2, -0.15) is 0 Å². The van der Waals surface area contributed by atoms with Gasteiger partial charge in [-0.25, -0.2) is 13.1 Å². The molecule has 0 amide bonds. The first kappa shape index (κ1) is 14.6. The third kappa shape index (κ3) is 4.06. The molecule has 0 saturated carbocycles. The molecular weight excluding hydrogens is 258 g/mol. The van der Waals surface area contributed by atoms with Gasteiger partial charge in [0.15, 0.2) is 0 Å². The summed E-state index contributed by atoms with van der Waals surface area (Å²) in [6.45, 7) is 4.06. The molecule has 1 aromatic rings. The van der Waals surface area contributed by atoms with Gasteiger partial charge in [-0.1, -0.05) is 32.8 Å². The normalized spacial score (nSPS) is 14.1. The Kier molecular flexibility index (Phi) is 5.58. The van der Waals surface area contributed by atoms with Crippen LogP contribution in [0.3, 0.4) is 0 Å². The smallest absolute Gasteiger partial charge is 0.250 e. The van der Waals surface area contributed by atoms with Crippen molar-refractivity contribution >= 4 is 21.4 Å². The van der Waals surface area contributed by atoms with E-state index in [0.29, 0.717) is 0 Å². The Hall–Kier alpha value is -0.430. The lowest BCUT2D eigenvalue weighted by Gasteiger charge is -2.20. The fraction of sp³-hybridized carbons (Fsp3) is 0.636. The highest BCUT2D eigenvalue weighted by molar-refractivity contribution is 7.91. The fourth-order valence-corrected chi connectivity index (χ4v) is 3.77. The Morgan fingerprint density at radius 3 is 2.53 bits per heavy atom. The van der Waals surface area contributed by atoms with Crippen molar-refractivity contribution in [3.8, 4) is 0 Å². The number of nitrogens with one attached hydrogen (secondary N) is 1. The monoisotopic (exact) mass is 277 g/mol. The summed E-state index contributed by atoms with van der Waals surface area (Å²) in [5.74, 6) is 0.140. The summed E-state index contributed by atoms with van der Waals surface area (Å²) >= 11 is 1.17. The molecule has 0 bridgehead atoms. The Bertz CT molecular complexity index is 410. The maximum absolute atomic E-state index is 11.8. The van der Waals surface area contributed by atoms with Crippen molar-refractivity contribution < 1.29 is 13.5 Å². The van der Waals surface area contributed by atoms with Gasteiger partial charge in [0.25, 0.3) is 0 Å². The third-order valence-electron chi connectivity index (χ3n) is 2.84. The lowest BCUT2D eigenvalue weighted by atomic mass is 9.97. The number of sulfonamides is 1. The van der Waals surface area contributed by atoms with E-state index in [1.807, 2.05) is 13.8 Å². The second-order valence-electron chi connectivity index (χ2n) is 3.93. The summed E-state index contributed by atoms with van der Waals surface area (Å²) in [6, 6.07) is 3.24. The molecule has 6 heteroatoms. The van der Waals surface area contributed by atoms with Crippen LogP contribution in [0.1, 0.15) is 26.7 Å². The van der Waals surface area contributed by atoms with Crippen molar-refractivity contribution in [1.82, 2.24) is 4.72 Å². The van der Waals surface area contributed by atoms with E-state index in [2.05, 4.69) is 4.72 Å². The minimum absolute atomic E-state index is 0.0760. The molecular formula is C11H19NO3S2. The van der Waals surface area contributed by atoms with Gasteiger partial charge in [0.1, 0.15) is 4.21 Å². The van der Waals surface area contributed by atoms with Gasteiger partial charge < -0.3 is 5.11 Å². The van der Waals surface area contributed by atoms with Gasteiger partial charge in [-0.3, -0.25) is 0 Å². The van der Waals surface area contributed by atoms with Crippen molar-refractivity contribution in [2.45, 2.75) is 37.0 Å². The molecule has 1 rings (SSSR count). The van der Waals surface area contributed by atoms with Crippen molar-refractivity contribution in [1.29, 1.82) is 0 Å². The summed E-state index contributed by atoms with van der Waals surface area (Å²) in [5.41, 5.74) is 0. The van der Waals surface area contributed by atoms with Gasteiger partial charge in [0.05, 0.1) is 6.10 Å². The number of aliphatic hydroxyl groups excluding tert-OH is 1. The first-order valence-corrected chi connectivity index (χ1v) is 8.08. The van der Waals surface area contributed by atoms with Gasteiger partial charge in [0, 0.05) is 6.54 Å². The number of aliphatic hydroxyl groups is 1. The Labute approximate surface area is 107 Å². The number of thiophene rings is 1. The highest BCUT2D eigenvalue weighted by atomic mass is 32.2. The van der Waals surface area contributed by atoms with Crippen molar-refractivity contribution in [2.75, 3.05) is 6.54 Å². The van der Waals surface area contributed by atoms with Crippen LogP contribution in [0.5, 0.6) is 0 Å². The molecule has 0 saturated heterocycles. The number of rotatable bonds is 7. The van der Waals surface area contributed by atoms with Gasteiger partial charge >= 0.3 is 0 Å². The summed E-state index contributed by atoms with van der Waals surface area (Å²) in [5, 5.41) is 11.6. The minimum Gasteiger partial charge on any atom is -0.391 e. The molecule has 2 N–H and O–H groups in total. The topological polar surface area (TPSA) is 66.4 Å². The van der Waals surface area contributed by atoms with E-state index >= 15 is 0 Å². The van der Waals surface area contributed by atoms with Crippen LogP contribution in [-0.4, -0.2) is 26.2 Å². The average Bonchev–Trinajstić information content (AvgIpc) is 2.82. The third-order valence-corrected chi connectivity index (χ3v) is 5.66. The number of hydrogen-bond donors (Lipinski definition) is 2. The zero-order chi connectivity index (χ0) is 12.9. The highest BCUT2D eigenvalue weighted by Crippen LogP contribution is 2.16. The molecule has 1 heterocycles. The summed E-state index contributed by atoms with van der Waals surface area (Å²) in [4.78, 5) is 0. The van der Waals surface area contributed by atoms with Crippen LogP contribution in [0.15, 0.2) is 21.7 Å². The largest absolute Gasteiger partial charge is 0.391 e. The summed E-state index contributed by atoms with van der Waals surface area (Å²) < 4.78 is 26.3. The zero-order valence-electron chi connectivity index (χ0n) is 10.1. The molecule has 0 fully saturated rings. The van der Waals surface area contributed by atoms with Crippen LogP contribution in [0.2, 0.25) is 0 Å². The van der Waals surface area contributed by atoms with Gasteiger partial charge in [0.2, 0.25) is 10.0 Å². The van der Waals surface area contributed by atoms with E-state index in [1.165, 1.54) is 11.3 Å². The molecule has 0 radical (unpaired) electrons. The molecule has 0 spiro atoms. The highest BCUT2D eigenvalue weighted by Gasteiger charge is 2.20. The lowest BCUT2D eigenvalue weighted by molar-refractivity contribution is 0.107. The van der Waals surface area contributed by atoms with Crippen molar-refractivity contribution in [3.05, 3.63) is 17.5 Å². The first-order valence-electron chi connectivity index (χ1n) is 5.72. The molecule has 0 aliphatic heterocycles. The van der Waals surface area contributed by atoms with Crippen molar-refractivity contribution in [2.24, 2.45) is 5.92 Å². The molecule has 1 unspecified atom stereocenters. The molecule has 0 aliphatic rings. The Morgan fingerprint density at radius 2 is 2.06 bits per heavy atom. The molecule has 1 aromatic heterocycles. The number of hydrogen-bond acceptors (Lipinski definition) is 4. The first-order chi connectivity index (χ1) is 8.01. The van der Waals surface area contributed by atoms with E-state index in [-0.39, 0.29) is 16.7 Å². The van der Waals surface area contributed by atoms with Crippen LogP contribution in [0.25, 0.3) is 0 Å². The fourth-order valence-electron chi connectivity index (χ4n) is 1.68. The molecule has 0 aliphatic carbocycles. The van der Waals surface area contributed by atoms with Crippen molar-refractivity contribution in [3.63, 3.8) is 0 Å². The second kappa shape index (κ2) is 6.49. The Balaban J connectivity index is 2.56. The van der Waals surface area contributed by atoms with Crippen LogP contribution in [0.4, 0.5) is 0 Å². The van der Waals surface area contributed by atoms with E-state index in [4.69, 9.17) is 0 Å². The zero-order valence-corrected chi connectivity index (χ0v) is 11.7. The van der Waals surface area contributed by atoms with E-state index in [0.717, 1.165) is 12.8 Å². The predicted molar refractivity (Wildman–Crippen MR) is 69.6 cm³/mol. The SMILES string of the molecule is CCC(CC)C(O)CNS(=O)(=O)c1cccs1. The van der Waals surface area contributed by atoms with Crippen LogP contribution >= 0.6 is 11.3 Å². The molecule has 17 heavy (non-hydrogen) atoms. The lowest BCUT2D eigenvalue weighted by Crippen LogP contribution is -2.35. The molecule has 0 aromatic carbocycles. The Morgan fingerprint density at radius 1 is 1.41 bits per heavy atom. The predicted octanol–water partition coefficient (Wildman–Crippen LogP) is 1.82. The molecule has 4 nitrogen and oxygen atoms in total. The average molecular weight is 277 g/mol. The van der Waals surface area contributed by atoms with E-state index in [1.54, 1.807) is 17.5 Å². The maximum atomic E-state index is 11.8. The second-order valence-corrected chi connectivity index (χ2v) is 6.87. The molecule has 1 atom stereocenters. The molecule has 98 valence electrons. The van der Waals surface area contributed by atoms with E-state index < -0.39 is 16.1 Å². The quantitative estimate of drug-likeness (QED) is 0.799. The van der Waals surface area contributed by atoms with Crippen LogP contribution < -0.4 is 4.72 Å².